The highest BCUT2D eigenvalue weighted by atomic mass is 16.5. The summed E-state index contributed by atoms with van der Waals surface area (Å²) in [4.78, 5) is 18.9. The highest BCUT2D eigenvalue weighted by molar-refractivity contribution is 5.96. The van der Waals surface area contributed by atoms with Gasteiger partial charge >= 0.3 is 0 Å². The van der Waals surface area contributed by atoms with E-state index in [1.54, 1.807) is 31.3 Å². The molecule has 4 rings (SSSR count). The van der Waals surface area contributed by atoms with Crippen molar-refractivity contribution in [2.45, 2.75) is 25.7 Å². The minimum absolute atomic E-state index is 0.0603. The lowest BCUT2D eigenvalue weighted by Gasteiger charge is -2.16. The summed E-state index contributed by atoms with van der Waals surface area (Å²) >= 11 is 0. The predicted molar refractivity (Wildman–Crippen MR) is 108 cm³/mol. The van der Waals surface area contributed by atoms with E-state index in [4.69, 9.17) is 14.0 Å². The maximum Gasteiger partial charge on any atom is 0.232 e. The first-order valence-corrected chi connectivity index (χ1v) is 9.58. The van der Waals surface area contributed by atoms with Crippen molar-refractivity contribution in [2.24, 2.45) is 0 Å². The summed E-state index contributed by atoms with van der Waals surface area (Å²) in [5, 5.41) is 4.10. The quantitative estimate of drug-likeness (QED) is 0.633. The smallest absolute Gasteiger partial charge is 0.232 e. The van der Waals surface area contributed by atoms with Crippen LogP contribution in [-0.4, -0.2) is 36.8 Å². The summed E-state index contributed by atoms with van der Waals surface area (Å²) in [5.74, 6) is 2.08. The summed E-state index contributed by atoms with van der Waals surface area (Å²) in [6.45, 7) is 2.63. The molecule has 1 unspecified atom stereocenters. The molecule has 0 bridgehead atoms. The Morgan fingerprint density at radius 2 is 1.86 bits per heavy atom. The molecule has 0 saturated carbocycles. The second-order valence-electron chi connectivity index (χ2n) is 6.95. The van der Waals surface area contributed by atoms with E-state index in [0.717, 1.165) is 17.7 Å². The zero-order valence-corrected chi connectivity index (χ0v) is 16.7. The van der Waals surface area contributed by atoms with E-state index < -0.39 is 0 Å². The number of carbonyl (C=O) groups excluding carboxylic acids is 1. The van der Waals surface area contributed by atoms with Gasteiger partial charge in [-0.25, -0.2) is 0 Å². The van der Waals surface area contributed by atoms with Gasteiger partial charge in [0.2, 0.25) is 17.6 Å². The van der Waals surface area contributed by atoms with Gasteiger partial charge in [-0.1, -0.05) is 24.2 Å². The van der Waals surface area contributed by atoms with Gasteiger partial charge < -0.3 is 18.9 Å². The summed E-state index contributed by atoms with van der Waals surface area (Å²) in [6.07, 6.45) is 1.32. The Morgan fingerprint density at radius 1 is 1.10 bits per heavy atom. The number of nitrogens with zero attached hydrogens (tertiary/aromatic N) is 3. The molecule has 1 aliphatic heterocycles. The third-order valence-electron chi connectivity index (χ3n) is 5.21. The number of hydrogen-bond donors (Lipinski definition) is 0. The second-order valence-corrected chi connectivity index (χ2v) is 6.95. The van der Waals surface area contributed by atoms with Crippen LogP contribution >= 0.6 is 0 Å². The first kappa shape index (κ1) is 19.0. The zero-order valence-electron chi connectivity index (χ0n) is 16.7. The van der Waals surface area contributed by atoms with Crippen molar-refractivity contribution >= 4 is 11.6 Å². The Bertz CT molecular complexity index is 1010. The number of anilines is 1. The molecule has 1 fully saturated rings. The van der Waals surface area contributed by atoms with Crippen molar-refractivity contribution < 1.29 is 18.8 Å². The number of aryl methyl sites for hydroxylation is 1. The number of amides is 1. The number of carbonyl (C=O) groups is 1. The van der Waals surface area contributed by atoms with Crippen molar-refractivity contribution in [1.82, 2.24) is 10.1 Å². The first-order valence-electron chi connectivity index (χ1n) is 9.58. The molecule has 7 heteroatoms. The van der Waals surface area contributed by atoms with Crippen molar-refractivity contribution in [3.05, 3.63) is 53.9 Å². The van der Waals surface area contributed by atoms with Gasteiger partial charge in [-0.15, -0.1) is 0 Å². The normalized spacial score (nSPS) is 16.3. The Hall–Kier alpha value is -3.35. The number of aromatic nitrogens is 2. The minimum Gasteiger partial charge on any atom is -0.493 e. The molecule has 0 spiro atoms. The van der Waals surface area contributed by atoms with E-state index in [-0.39, 0.29) is 11.8 Å². The SMILES string of the molecule is CCc1ccc(N2CC(c3nc(-c4ccc(OC)c(OC)c4)no3)CC2=O)cc1. The van der Waals surface area contributed by atoms with E-state index in [0.29, 0.717) is 36.2 Å². The lowest BCUT2D eigenvalue weighted by Crippen LogP contribution is -2.24. The number of ether oxygens (including phenoxy) is 2. The van der Waals surface area contributed by atoms with Gasteiger partial charge in [0.1, 0.15) is 0 Å². The molecule has 0 N–H and O–H groups in total. The van der Waals surface area contributed by atoms with Crippen LogP contribution in [0, 0.1) is 0 Å². The van der Waals surface area contributed by atoms with Crippen LogP contribution in [0.4, 0.5) is 5.69 Å². The van der Waals surface area contributed by atoms with Crippen LogP contribution in [0.25, 0.3) is 11.4 Å². The van der Waals surface area contributed by atoms with Crippen LogP contribution in [0.2, 0.25) is 0 Å². The molecule has 7 nitrogen and oxygen atoms in total. The van der Waals surface area contributed by atoms with Crippen LogP contribution in [-0.2, 0) is 11.2 Å². The summed E-state index contributed by atoms with van der Waals surface area (Å²) < 4.78 is 16.1. The molecular formula is C22H23N3O4. The lowest BCUT2D eigenvalue weighted by molar-refractivity contribution is -0.117. The monoisotopic (exact) mass is 393 g/mol. The predicted octanol–water partition coefficient (Wildman–Crippen LogP) is 3.84. The zero-order chi connectivity index (χ0) is 20.4. The average molecular weight is 393 g/mol. The van der Waals surface area contributed by atoms with Crippen LogP contribution in [0.15, 0.2) is 47.0 Å². The van der Waals surface area contributed by atoms with Gasteiger partial charge in [-0.3, -0.25) is 4.79 Å². The lowest BCUT2D eigenvalue weighted by atomic mass is 10.1. The first-order chi connectivity index (χ1) is 14.1. The Balaban J connectivity index is 1.53. The summed E-state index contributed by atoms with van der Waals surface area (Å²) in [5.41, 5.74) is 2.90. The van der Waals surface area contributed by atoms with Crippen LogP contribution in [0.3, 0.4) is 0 Å². The van der Waals surface area contributed by atoms with Gasteiger partial charge in [-0.05, 0) is 42.3 Å². The Labute approximate surface area is 169 Å². The third kappa shape index (κ3) is 3.68. The molecule has 3 aromatic rings. The standard InChI is InChI=1S/C22H23N3O4/c1-4-14-5-8-17(9-6-14)25-13-16(12-20(25)26)22-23-21(24-29-22)15-7-10-18(27-2)19(11-15)28-3/h5-11,16H,4,12-13H2,1-3H3. The van der Waals surface area contributed by atoms with Gasteiger partial charge in [0.25, 0.3) is 0 Å². The second kappa shape index (κ2) is 7.95. The highest BCUT2D eigenvalue weighted by Crippen LogP contribution is 2.34. The fourth-order valence-electron chi connectivity index (χ4n) is 3.53. The molecule has 0 aliphatic carbocycles. The average Bonchev–Trinajstić information content (AvgIpc) is 3.40. The van der Waals surface area contributed by atoms with Gasteiger partial charge in [0.15, 0.2) is 11.5 Å². The van der Waals surface area contributed by atoms with Crippen molar-refractivity contribution in [1.29, 1.82) is 0 Å². The Morgan fingerprint density at radius 3 is 2.55 bits per heavy atom. The molecular weight excluding hydrogens is 370 g/mol. The molecule has 1 aromatic heterocycles. The maximum atomic E-state index is 12.5. The fourth-order valence-corrected chi connectivity index (χ4v) is 3.53. The number of benzene rings is 2. The van der Waals surface area contributed by atoms with Crippen LogP contribution < -0.4 is 14.4 Å². The maximum absolute atomic E-state index is 12.5. The highest BCUT2D eigenvalue weighted by Gasteiger charge is 2.35. The molecule has 2 aromatic carbocycles. The molecule has 29 heavy (non-hydrogen) atoms. The van der Waals surface area contributed by atoms with E-state index >= 15 is 0 Å². The number of methoxy groups -OCH3 is 2. The molecule has 150 valence electrons. The molecule has 1 atom stereocenters. The molecule has 1 saturated heterocycles. The van der Waals surface area contributed by atoms with Crippen LogP contribution in [0.1, 0.15) is 30.7 Å². The molecule has 2 heterocycles. The van der Waals surface area contributed by atoms with Crippen molar-refractivity contribution in [3.8, 4) is 22.9 Å². The number of rotatable bonds is 6. The topological polar surface area (TPSA) is 77.7 Å². The van der Waals surface area contributed by atoms with E-state index in [1.807, 2.05) is 18.2 Å². The van der Waals surface area contributed by atoms with Crippen molar-refractivity contribution in [3.63, 3.8) is 0 Å². The van der Waals surface area contributed by atoms with Gasteiger partial charge in [-0.2, -0.15) is 4.98 Å². The largest absolute Gasteiger partial charge is 0.493 e. The van der Waals surface area contributed by atoms with E-state index in [9.17, 15) is 4.79 Å². The Kier molecular flexibility index (Phi) is 5.20. The summed E-state index contributed by atoms with van der Waals surface area (Å²) in [6, 6.07) is 13.5. The molecule has 0 radical (unpaired) electrons. The summed E-state index contributed by atoms with van der Waals surface area (Å²) in [7, 11) is 3.16. The molecule has 1 aliphatic rings. The fraction of sp³-hybridized carbons (Fsp3) is 0.318. The van der Waals surface area contributed by atoms with E-state index in [1.165, 1.54) is 5.56 Å². The van der Waals surface area contributed by atoms with Gasteiger partial charge in [0.05, 0.1) is 20.1 Å². The minimum atomic E-state index is -0.130. The van der Waals surface area contributed by atoms with Gasteiger partial charge in [0, 0.05) is 24.2 Å². The van der Waals surface area contributed by atoms with Crippen molar-refractivity contribution in [2.75, 3.05) is 25.7 Å². The van der Waals surface area contributed by atoms with E-state index in [2.05, 4.69) is 29.2 Å². The third-order valence-corrected chi connectivity index (χ3v) is 5.21. The number of hydrogen-bond acceptors (Lipinski definition) is 6. The van der Waals surface area contributed by atoms with Crippen LogP contribution in [0.5, 0.6) is 11.5 Å². The molecule has 1 amide bonds.